The third-order valence-electron chi connectivity index (χ3n) is 6.90. The van der Waals surface area contributed by atoms with Gasteiger partial charge in [-0.25, -0.2) is 0 Å². The van der Waals surface area contributed by atoms with E-state index in [2.05, 4.69) is 17.6 Å². The maximum Gasteiger partial charge on any atom is 0.254 e. The van der Waals surface area contributed by atoms with E-state index in [1.165, 1.54) is 6.42 Å². The second kappa shape index (κ2) is 7.27. The van der Waals surface area contributed by atoms with Crippen LogP contribution in [0.5, 0.6) is 0 Å². The SMILES string of the molecule is Cc1cc(C(=O)N2CCCCC2C)ccc1NC(=O)C1CC12CCNCC2. The Balaban J connectivity index is 1.41. The Morgan fingerprint density at radius 1 is 1.22 bits per heavy atom. The number of carbonyl (C=O) groups is 2. The number of amides is 2. The Morgan fingerprint density at radius 2 is 2.00 bits per heavy atom. The predicted octanol–water partition coefficient (Wildman–Crippen LogP) is 3.34. The molecular weight excluding hydrogens is 338 g/mol. The second-order valence-corrected chi connectivity index (χ2v) is 8.73. The van der Waals surface area contributed by atoms with E-state index in [-0.39, 0.29) is 23.1 Å². The fraction of sp³-hybridized carbons (Fsp3) is 0.636. The van der Waals surface area contributed by atoms with Crippen molar-refractivity contribution in [2.75, 3.05) is 25.0 Å². The minimum absolute atomic E-state index is 0.110. The Labute approximate surface area is 161 Å². The largest absolute Gasteiger partial charge is 0.336 e. The zero-order valence-electron chi connectivity index (χ0n) is 16.5. The van der Waals surface area contributed by atoms with Crippen LogP contribution < -0.4 is 10.6 Å². The fourth-order valence-electron chi connectivity index (χ4n) is 4.92. The number of piperidine rings is 2. The van der Waals surface area contributed by atoms with Gasteiger partial charge in [0.05, 0.1) is 0 Å². The molecule has 2 heterocycles. The quantitative estimate of drug-likeness (QED) is 0.859. The molecule has 1 saturated carbocycles. The number of likely N-dealkylation sites (tertiary alicyclic amines) is 1. The number of hydrogen-bond donors (Lipinski definition) is 2. The van der Waals surface area contributed by atoms with Crippen molar-refractivity contribution in [2.45, 2.75) is 58.4 Å². The third kappa shape index (κ3) is 3.62. The molecule has 1 aromatic rings. The van der Waals surface area contributed by atoms with Crippen LogP contribution in [0.4, 0.5) is 5.69 Å². The lowest BCUT2D eigenvalue weighted by molar-refractivity contribution is -0.118. The first-order valence-corrected chi connectivity index (χ1v) is 10.4. The van der Waals surface area contributed by atoms with E-state index in [1.807, 2.05) is 30.0 Å². The van der Waals surface area contributed by atoms with Crippen molar-refractivity contribution in [2.24, 2.45) is 11.3 Å². The second-order valence-electron chi connectivity index (χ2n) is 8.73. The summed E-state index contributed by atoms with van der Waals surface area (Å²) in [5.74, 6) is 0.400. The Hall–Kier alpha value is -1.88. The monoisotopic (exact) mass is 369 g/mol. The average Bonchev–Trinajstić information content (AvgIpc) is 3.36. The van der Waals surface area contributed by atoms with Crippen LogP contribution in [0.2, 0.25) is 0 Å². The lowest BCUT2D eigenvalue weighted by Gasteiger charge is -2.33. The molecule has 0 radical (unpaired) electrons. The van der Waals surface area contributed by atoms with Gasteiger partial charge < -0.3 is 15.5 Å². The van der Waals surface area contributed by atoms with Gasteiger partial charge in [-0.15, -0.1) is 0 Å². The van der Waals surface area contributed by atoms with Crippen molar-refractivity contribution < 1.29 is 9.59 Å². The van der Waals surface area contributed by atoms with Crippen LogP contribution in [-0.2, 0) is 4.79 Å². The third-order valence-corrected chi connectivity index (χ3v) is 6.90. The van der Waals surface area contributed by atoms with E-state index in [0.29, 0.717) is 6.04 Å². The van der Waals surface area contributed by atoms with Crippen molar-refractivity contribution in [1.82, 2.24) is 10.2 Å². The molecule has 3 fully saturated rings. The molecule has 27 heavy (non-hydrogen) atoms. The summed E-state index contributed by atoms with van der Waals surface area (Å²) in [6, 6.07) is 5.99. The van der Waals surface area contributed by atoms with E-state index in [1.54, 1.807) is 0 Å². The van der Waals surface area contributed by atoms with Crippen molar-refractivity contribution in [3.63, 3.8) is 0 Å². The topological polar surface area (TPSA) is 61.4 Å². The lowest BCUT2D eigenvalue weighted by atomic mass is 9.91. The van der Waals surface area contributed by atoms with Gasteiger partial charge in [0.25, 0.3) is 5.91 Å². The van der Waals surface area contributed by atoms with Gasteiger partial charge in [0.2, 0.25) is 5.91 Å². The highest BCUT2D eigenvalue weighted by atomic mass is 16.2. The molecule has 2 N–H and O–H groups in total. The van der Waals surface area contributed by atoms with Crippen LogP contribution in [0.15, 0.2) is 18.2 Å². The zero-order valence-corrected chi connectivity index (χ0v) is 16.5. The summed E-state index contributed by atoms with van der Waals surface area (Å²) in [4.78, 5) is 27.5. The van der Waals surface area contributed by atoms with Gasteiger partial charge in [-0.2, -0.15) is 0 Å². The number of anilines is 1. The minimum atomic E-state index is 0.110. The highest BCUT2D eigenvalue weighted by Crippen LogP contribution is 2.58. The normalized spacial score (nSPS) is 26.7. The first kappa shape index (κ1) is 18.5. The summed E-state index contributed by atoms with van der Waals surface area (Å²) in [5, 5.41) is 6.49. The van der Waals surface area contributed by atoms with Crippen molar-refractivity contribution in [1.29, 1.82) is 0 Å². The van der Waals surface area contributed by atoms with E-state index in [9.17, 15) is 9.59 Å². The number of carbonyl (C=O) groups excluding carboxylic acids is 2. The molecule has 2 unspecified atom stereocenters. The number of hydrogen-bond acceptors (Lipinski definition) is 3. The first-order chi connectivity index (χ1) is 13.0. The molecule has 146 valence electrons. The minimum Gasteiger partial charge on any atom is -0.336 e. The average molecular weight is 370 g/mol. The molecule has 5 nitrogen and oxygen atoms in total. The van der Waals surface area contributed by atoms with Gasteiger partial charge in [0.15, 0.2) is 0 Å². The number of nitrogens with zero attached hydrogens (tertiary/aromatic N) is 1. The summed E-state index contributed by atoms with van der Waals surface area (Å²) >= 11 is 0. The molecule has 2 aliphatic heterocycles. The number of nitrogens with one attached hydrogen (secondary N) is 2. The molecule has 1 spiro atoms. The Kier molecular flexibility index (Phi) is 4.97. The zero-order chi connectivity index (χ0) is 19.0. The molecule has 0 bridgehead atoms. The van der Waals surface area contributed by atoms with Gasteiger partial charge in [-0.1, -0.05) is 0 Å². The highest BCUT2D eigenvalue weighted by molar-refractivity contribution is 5.98. The van der Waals surface area contributed by atoms with Crippen LogP contribution in [0.25, 0.3) is 0 Å². The lowest BCUT2D eigenvalue weighted by Crippen LogP contribution is -2.42. The van der Waals surface area contributed by atoms with Crippen LogP contribution in [0, 0.1) is 18.3 Å². The summed E-state index contributed by atoms with van der Waals surface area (Å²) in [7, 11) is 0. The number of aryl methyl sites for hydroxylation is 1. The first-order valence-electron chi connectivity index (χ1n) is 10.4. The van der Waals surface area contributed by atoms with E-state index >= 15 is 0 Å². The summed E-state index contributed by atoms with van der Waals surface area (Å²) < 4.78 is 0. The van der Waals surface area contributed by atoms with Gasteiger partial charge in [-0.05, 0) is 94.6 Å². The summed E-state index contributed by atoms with van der Waals surface area (Å²) in [6.07, 6.45) is 6.59. The summed E-state index contributed by atoms with van der Waals surface area (Å²) in [6.45, 7) is 6.99. The van der Waals surface area contributed by atoms with Gasteiger partial charge >= 0.3 is 0 Å². The molecule has 2 atom stereocenters. The van der Waals surface area contributed by atoms with Crippen molar-refractivity contribution >= 4 is 17.5 Å². The Morgan fingerprint density at radius 3 is 2.70 bits per heavy atom. The molecule has 3 aliphatic rings. The number of benzene rings is 1. The van der Waals surface area contributed by atoms with Crippen LogP contribution in [0.1, 0.15) is 61.4 Å². The molecule has 4 rings (SSSR count). The standard InChI is InChI=1S/C22H31N3O2/c1-15-13-17(21(27)25-12-4-3-5-16(25)2)6-7-19(15)24-20(26)18-14-22(18)8-10-23-11-9-22/h6-7,13,16,18,23H,3-5,8-12,14H2,1-2H3,(H,24,26). The van der Waals surface area contributed by atoms with Crippen LogP contribution in [0.3, 0.4) is 0 Å². The van der Waals surface area contributed by atoms with Crippen LogP contribution in [-0.4, -0.2) is 42.4 Å². The molecule has 1 aromatic carbocycles. The molecule has 0 aromatic heterocycles. The fourth-order valence-corrected chi connectivity index (χ4v) is 4.92. The molecule has 5 heteroatoms. The van der Waals surface area contributed by atoms with E-state index in [0.717, 1.165) is 68.6 Å². The van der Waals surface area contributed by atoms with Crippen molar-refractivity contribution in [3.05, 3.63) is 29.3 Å². The maximum atomic E-state index is 12.8. The molecule has 1 aliphatic carbocycles. The van der Waals surface area contributed by atoms with E-state index < -0.39 is 0 Å². The Bertz CT molecular complexity index is 739. The van der Waals surface area contributed by atoms with Crippen molar-refractivity contribution in [3.8, 4) is 0 Å². The van der Waals surface area contributed by atoms with E-state index in [4.69, 9.17) is 0 Å². The number of rotatable bonds is 3. The molecule has 2 amide bonds. The predicted molar refractivity (Wildman–Crippen MR) is 107 cm³/mol. The smallest absolute Gasteiger partial charge is 0.254 e. The highest BCUT2D eigenvalue weighted by Gasteiger charge is 2.57. The summed E-state index contributed by atoms with van der Waals surface area (Å²) in [5.41, 5.74) is 2.75. The van der Waals surface area contributed by atoms with Gasteiger partial charge in [-0.3, -0.25) is 9.59 Å². The molecular formula is C22H31N3O2. The molecule has 2 saturated heterocycles. The van der Waals surface area contributed by atoms with Gasteiger partial charge in [0, 0.05) is 29.8 Å². The van der Waals surface area contributed by atoms with Crippen LogP contribution >= 0.6 is 0 Å². The maximum absolute atomic E-state index is 12.8. The van der Waals surface area contributed by atoms with Gasteiger partial charge in [0.1, 0.15) is 0 Å².